The van der Waals surface area contributed by atoms with Gasteiger partial charge in [-0.1, -0.05) is 25.7 Å². The van der Waals surface area contributed by atoms with Crippen LogP contribution in [0.2, 0.25) is 0 Å². The van der Waals surface area contributed by atoms with Crippen LogP contribution in [0.1, 0.15) is 51.4 Å². The van der Waals surface area contributed by atoms with Gasteiger partial charge in [0.2, 0.25) is 0 Å². The van der Waals surface area contributed by atoms with Crippen LogP contribution >= 0.6 is 0 Å². The van der Waals surface area contributed by atoms with Crippen LogP contribution in [0.3, 0.4) is 0 Å². The van der Waals surface area contributed by atoms with Crippen LogP contribution in [-0.2, 0) is 10.2 Å². The number of piperidine rings is 1. The van der Waals surface area contributed by atoms with E-state index in [1.807, 2.05) is 7.05 Å². The molecule has 0 aromatic rings. The molecule has 5 nitrogen and oxygen atoms in total. The van der Waals surface area contributed by atoms with Crippen molar-refractivity contribution in [3.05, 3.63) is 0 Å². The molecule has 0 aromatic carbocycles. The molecule has 124 valence electrons. The Hall–Kier alpha value is -0.170. The van der Waals surface area contributed by atoms with Crippen LogP contribution in [0.25, 0.3) is 0 Å². The quantitative estimate of drug-likeness (QED) is 0.670. The SMILES string of the molecule is CNCC1CCCN(S(=O)(=O)NCCCC2CCCC2)C1. The fourth-order valence-electron chi connectivity index (χ4n) is 3.68. The maximum Gasteiger partial charge on any atom is 0.279 e. The molecule has 2 fully saturated rings. The molecule has 0 spiro atoms. The maximum absolute atomic E-state index is 12.3. The molecule has 1 aliphatic heterocycles. The zero-order valence-corrected chi connectivity index (χ0v) is 14.1. The largest absolute Gasteiger partial charge is 0.319 e. The lowest BCUT2D eigenvalue weighted by Gasteiger charge is -2.31. The Morgan fingerprint density at radius 2 is 1.81 bits per heavy atom. The van der Waals surface area contributed by atoms with Gasteiger partial charge in [0.05, 0.1) is 0 Å². The molecular weight excluding hydrogens is 286 g/mol. The summed E-state index contributed by atoms with van der Waals surface area (Å²) in [4.78, 5) is 0. The molecule has 0 amide bonds. The van der Waals surface area contributed by atoms with E-state index in [1.165, 1.54) is 32.1 Å². The summed E-state index contributed by atoms with van der Waals surface area (Å²) in [6, 6.07) is 0. The Bertz CT molecular complexity index is 392. The Balaban J connectivity index is 1.70. The maximum atomic E-state index is 12.3. The number of hydrogen-bond donors (Lipinski definition) is 2. The van der Waals surface area contributed by atoms with Crippen molar-refractivity contribution in [3.63, 3.8) is 0 Å². The number of nitrogens with one attached hydrogen (secondary N) is 2. The van der Waals surface area contributed by atoms with Crippen molar-refractivity contribution in [2.45, 2.75) is 51.4 Å². The van der Waals surface area contributed by atoms with E-state index in [0.717, 1.165) is 31.7 Å². The van der Waals surface area contributed by atoms with E-state index in [9.17, 15) is 8.42 Å². The lowest BCUT2D eigenvalue weighted by atomic mass is 10.00. The second-order valence-electron chi connectivity index (χ2n) is 6.62. The standard InChI is InChI=1S/C15H31N3O2S/c1-16-12-15-9-5-11-18(13-15)21(19,20)17-10-4-8-14-6-2-3-7-14/h14-17H,2-13H2,1H3. The van der Waals surface area contributed by atoms with Gasteiger partial charge in [-0.2, -0.15) is 12.7 Å². The highest BCUT2D eigenvalue weighted by Crippen LogP contribution is 2.28. The summed E-state index contributed by atoms with van der Waals surface area (Å²) in [5.41, 5.74) is 0. The average Bonchev–Trinajstić information content (AvgIpc) is 2.98. The van der Waals surface area contributed by atoms with Crippen LogP contribution in [0.5, 0.6) is 0 Å². The molecule has 0 aromatic heterocycles. The molecular formula is C15H31N3O2S. The molecule has 6 heteroatoms. The summed E-state index contributed by atoms with van der Waals surface area (Å²) in [5, 5.41) is 3.15. The van der Waals surface area contributed by atoms with Gasteiger partial charge in [-0.3, -0.25) is 0 Å². The Kier molecular flexibility index (Phi) is 6.92. The van der Waals surface area contributed by atoms with Crippen LogP contribution in [0.15, 0.2) is 0 Å². The molecule has 2 rings (SSSR count). The van der Waals surface area contributed by atoms with Crippen molar-refractivity contribution in [2.24, 2.45) is 11.8 Å². The first-order valence-corrected chi connectivity index (χ1v) is 9.95. The molecule has 21 heavy (non-hydrogen) atoms. The molecule has 1 aliphatic carbocycles. The predicted molar refractivity (Wildman–Crippen MR) is 86.3 cm³/mol. The smallest absolute Gasteiger partial charge is 0.279 e. The summed E-state index contributed by atoms with van der Waals surface area (Å²) < 4.78 is 29.1. The van der Waals surface area contributed by atoms with E-state index < -0.39 is 10.2 Å². The normalized spacial score (nSPS) is 25.5. The van der Waals surface area contributed by atoms with Gasteiger partial charge in [-0.15, -0.1) is 0 Å². The first kappa shape index (κ1) is 17.2. The fourth-order valence-corrected chi connectivity index (χ4v) is 5.04. The Morgan fingerprint density at radius 3 is 2.52 bits per heavy atom. The van der Waals surface area contributed by atoms with Crippen LogP contribution in [0.4, 0.5) is 0 Å². The van der Waals surface area contributed by atoms with Gasteiger partial charge in [0.25, 0.3) is 10.2 Å². The first-order valence-electron chi connectivity index (χ1n) is 8.51. The van der Waals surface area contributed by atoms with E-state index in [-0.39, 0.29) is 0 Å². The van der Waals surface area contributed by atoms with Gasteiger partial charge in [0.15, 0.2) is 0 Å². The number of nitrogens with zero attached hydrogens (tertiary/aromatic N) is 1. The zero-order valence-electron chi connectivity index (χ0n) is 13.3. The van der Waals surface area contributed by atoms with Crippen molar-refractivity contribution in [1.82, 2.24) is 14.3 Å². The third-order valence-electron chi connectivity index (χ3n) is 4.86. The van der Waals surface area contributed by atoms with Crippen LogP contribution in [-0.4, -0.2) is 45.9 Å². The van der Waals surface area contributed by atoms with Gasteiger partial charge in [-0.25, -0.2) is 4.72 Å². The van der Waals surface area contributed by atoms with E-state index in [2.05, 4.69) is 10.0 Å². The first-order chi connectivity index (χ1) is 10.1. The van der Waals surface area contributed by atoms with E-state index in [0.29, 0.717) is 25.6 Å². The molecule has 0 radical (unpaired) electrons. The second-order valence-corrected chi connectivity index (χ2v) is 8.37. The van der Waals surface area contributed by atoms with Crippen molar-refractivity contribution in [2.75, 3.05) is 33.2 Å². The van der Waals surface area contributed by atoms with Crippen LogP contribution < -0.4 is 10.0 Å². The second kappa shape index (κ2) is 8.46. The van der Waals surface area contributed by atoms with Crippen molar-refractivity contribution in [3.8, 4) is 0 Å². The van der Waals surface area contributed by atoms with Crippen molar-refractivity contribution < 1.29 is 8.42 Å². The Morgan fingerprint density at radius 1 is 1.10 bits per heavy atom. The van der Waals surface area contributed by atoms with Gasteiger partial charge < -0.3 is 5.32 Å². The topological polar surface area (TPSA) is 61.4 Å². The molecule has 1 saturated heterocycles. The summed E-state index contributed by atoms with van der Waals surface area (Å²) in [7, 11) is -1.35. The van der Waals surface area contributed by atoms with Gasteiger partial charge >= 0.3 is 0 Å². The summed E-state index contributed by atoms with van der Waals surface area (Å²) in [6.45, 7) is 2.80. The van der Waals surface area contributed by atoms with E-state index in [4.69, 9.17) is 0 Å². The number of rotatable bonds is 8. The molecule has 1 unspecified atom stereocenters. The highest BCUT2D eigenvalue weighted by atomic mass is 32.2. The highest BCUT2D eigenvalue weighted by Gasteiger charge is 2.28. The fraction of sp³-hybridized carbons (Fsp3) is 1.00. The molecule has 2 aliphatic rings. The highest BCUT2D eigenvalue weighted by molar-refractivity contribution is 7.87. The van der Waals surface area contributed by atoms with E-state index >= 15 is 0 Å². The van der Waals surface area contributed by atoms with Gasteiger partial charge in [-0.05, 0) is 51.1 Å². The number of hydrogen-bond acceptors (Lipinski definition) is 3. The molecule has 0 bridgehead atoms. The van der Waals surface area contributed by atoms with Gasteiger partial charge in [0.1, 0.15) is 0 Å². The zero-order chi connectivity index (χ0) is 15.1. The third kappa shape index (κ3) is 5.51. The molecule has 1 saturated carbocycles. The predicted octanol–water partition coefficient (Wildman–Crippen LogP) is 1.72. The molecule has 2 N–H and O–H groups in total. The monoisotopic (exact) mass is 317 g/mol. The molecule has 1 atom stereocenters. The average molecular weight is 317 g/mol. The van der Waals surface area contributed by atoms with Gasteiger partial charge in [0, 0.05) is 19.6 Å². The lowest BCUT2D eigenvalue weighted by Crippen LogP contribution is -2.47. The summed E-state index contributed by atoms with van der Waals surface area (Å²) in [5.74, 6) is 1.28. The van der Waals surface area contributed by atoms with E-state index in [1.54, 1.807) is 4.31 Å². The van der Waals surface area contributed by atoms with Crippen LogP contribution in [0, 0.1) is 11.8 Å². The van der Waals surface area contributed by atoms with Crippen molar-refractivity contribution in [1.29, 1.82) is 0 Å². The summed E-state index contributed by atoms with van der Waals surface area (Å²) in [6.07, 6.45) is 9.62. The third-order valence-corrected chi connectivity index (χ3v) is 6.44. The Labute approximate surface area is 130 Å². The minimum atomic E-state index is -3.27. The minimum Gasteiger partial charge on any atom is -0.319 e. The summed E-state index contributed by atoms with van der Waals surface area (Å²) >= 11 is 0. The van der Waals surface area contributed by atoms with Crippen molar-refractivity contribution >= 4 is 10.2 Å². The minimum absolute atomic E-state index is 0.443. The lowest BCUT2D eigenvalue weighted by molar-refractivity contribution is 0.260. The molecule has 1 heterocycles.